The third-order valence-electron chi connectivity index (χ3n) is 3.27. The molecule has 96 valence electrons. The highest BCUT2D eigenvalue weighted by Crippen LogP contribution is 2.38. The van der Waals surface area contributed by atoms with Gasteiger partial charge < -0.3 is 10.1 Å². The van der Waals surface area contributed by atoms with Crippen molar-refractivity contribution in [3.8, 4) is 5.75 Å². The van der Waals surface area contributed by atoms with E-state index in [1.54, 1.807) is 0 Å². The largest absolute Gasteiger partial charge is 0.487 e. The Hall–Kier alpha value is -2.13. The number of nitrogens with zero attached hydrogens (tertiary/aromatic N) is 1. The molecule has 19 heavy (non-hydrogen) atoms. The van der Waals surface area contributed by atoms with E-state index in [4.69, 9.17) is 4.74 Å². The lowest BCUT2D eigenvalue weighted by Gasteiger charge is -2.11. The van der Waals surface area contributed by atoms with Crippen LogP contribution >= 0.6 is 0 Å². The number of hydrogen-bond donors (Lipinski definition) is 1. The minimum atomic E-state index is 0.190. The molecule has 0 spiro atoms. The zero-order chi connectivity index (χ0) is 13.1. The van der Waals surface area contributed by atoms with Gasteiger partial charge in [-0.2, -0.15) is 0 Å². The number of hydrogen-bond acceptors (Lipinski definition) is 3. The van der Waals surface area contributed by atoms with E-state index in [1.807, 2.05) is 43.6 Å². The van der Waals surface area contributed by atoms with E-state index in [0.717, 1.165) is 17.0 Å². The van der Waals surface area contributed by atoms with Gasteiger partial charge in [0, 0.05) is 11.8 Å². The molecule has 0 aliphatic carbocycles. The molecule has 3 heteroatoms. The summed E-state index contributed by atoms with van der Waals surface area (Å²) < 4.78 is 5.89. The van der Waals surface area contributed by atoms with E-state index in [-0.39, 0.29) is 6.04 Å². The summed E-state index contributed by atoms with van der Waals surface area (Å²) in [7, 11) is 1.93. The fourth-order valence-electron chi connectivity index (χ4n) is 2.24. The summed E-state index contributed by atoms with van der Waals surface area (Å²) in [5.74, 6) is 0.843. The predicted molar refractivity (Wildman–Crippen MR) is 77.2 cm³/mol. The third-order valence-corrected chi connectivity index (χ3v) is 3.27. The van der Waals surface area contributed by atoms with Gasteiger partial charge in [-0.05, 0) is 18.7 Å². The number of aliphatic imine (C=N–C) groups is 1. The van der Waals surface area contributed by atoms with Gasteiger partial charge in [0.05, 0.1) is 6.04 Å². The van der Waals surface area contributed by atoms with Gasteiger partial charge in [-0.25, -0.2) is 0 Å². The molecule has 2 aromatic carbocycles. The first-order valence-electron chi connectivity index (χ1n) is 6.39. The van der Waals surface area contributed by atoms with Crippen molar-refractivity contribution >= 4 is 11.9 Å². The molecule has 2 aromatic rings. The van der Waals surface area contributed by atoms with Gasteiger partial charge in [-0.1, -0.05) is 42.5 Å². The van der Waals surface area contributed by atoms with Crippen molar-refractivity contribution in [1.29, 1.82) is 0 Å². The second-order valence-electron chi connectivity index (χ2n) is 4.51. The molecule has 1 N–H and O–H groups in total. The normalized spacial score (nSPS) is 16.4. The molecule has 0 amide bonds. The topological polar surface area (TPSA) is 33.6 Å². The minimum absolute atomic E-state index is 0.190. The Bertz CT molecular complexity index is 593. The van der Waals surface area contributed by atoms with E-state index in [1.165, 1.54) is 5.56 Å². The SMILES string of the molecule is CNC1C=Nc2c(OCc3ccccc3)cccc21. The molecule has 3 rings (SSSR count). The van der Waals surface area contributed by atoms with Crippen molar-refractivity contribution in [1.82, 2.24) is 5.32 Å². The molecule has 0 saturated heterocycles. The van der Waals surface area contributed by atoms with Crippen molar-refractivity contribution in [2.45, 2.75) is 12.6 Å². The van der Waals surface area contributed by atoms with Crippen LogP contribution in [0.2, 0.25) is 0 Å². The van der Waals surface area contributed by atoms with E-state index in [9.17, 15) is 0 Å². The van der Waals surface area contributed by atoms with E-state index in [0.29, 0.717) is 6.61 Å². The Morgan fingerprint density at radius 2 is 1.95 bits per heavy atom. The fraction of sp³-hybridized carbons (Fsp3) is 0.188. The van der Waals surface area contributed by atoms with Crippen LogP contribution in [-0.2, 0) is 6.61 Å². The first kappa shape index (κ1) is 11.9. The monoisotopic (exact) mass is 252 g/mol. The fourth-order valence-corrected chi connectivity index (χ4v) is 2.24. The summed E-state index contributed by atoms with van der Waals surface area (Å²) in [6.45, 7) is 0.567. The highest BCUT2D eigenvalue weighted by atomic mass is 16.5. The van der Waals surface area contributed by atoms with Crippen molar-refractivity contribution in [2.75, 3.05) is 7.05 Å². The van der Waals surface area contributed by atoms with Gasteiger partial charge in [0.25, 0.3) is 0 Å². The molecule has 0 fully saturated rings. The lowest BCUT2D eigenvalue weighted by Crippen LogP contribution is -2.14. The Labute approximate surface area is 113 Å². The number of para-hydroxylation sites is 1. The van der Waals surface area contributed by atoms with Crippen LogP contribution < -0.4 is 10.1 Å². The molecule has 0 aromatic heterocycles. The molecule has 1 heterocycles. The summed E-state index contributed by atoms with van der Waals surface area (Å²) in [5.41, 5.74) is 3.28. The zero-order valence-electron chi connectivity index (χ0n) is 10.8. The third kappa shape index (κ3) is 2.37. The first-order chi connectivity index (χ1) is 9.38. The highest BCUT2D eigenvalue weighted by Gasteiger charge is 2.20. The van der Waals surface area contributed by atoms with E-state index >= 15 is 0 Å². The Kier molecular flexibility index (Phi) is 3.29. The van der Waals surface area contributed by atoms with Crippen LogP contribution in [0.5, 0.6) is 5.75 Å². The van der Waals surface area contributed by atoms with Gasteiger partial charge in [0.1, 0.15) is 18.0 Å². The first-order valence-corrected chi connectivity index (χ1v) is 6.39. The molecular weight excluding hydrogens is 236 g/mol. The minimum Gasteiger partial charge on any atom is -0.487 e. The average molecular weight is 252 g/mol. The van der Waals surface area contributed by atoms with Crippen molar-refractivity contribution in [3.05, 3.63) is 59.7 Å². The van der Waals surface area contributed by atoms with E-state index in [2.05, 4.69) is 28.5 Å². The summed E-state index contributed by atoms with van der Waals surface area (Å²) in [6.07, 6.45) is 1.92. The maximum Gasteiger partial charge on any atom is 0.145 e. The Balaban J connectivity index is 1.80. The molecule has 1 aliphatic rings. The van der Waals surface area contributed by atoms with Crippen molar-refractivity contribution in [3.63, 3.8) is 0 Å². The molecule has 0 saturated carbocycles. The number of ether oxygens (including phenoxy) is 1. The molecule has 1 unspecified atom stereocenters. The Morgan fingerprint density at radius 3 is 2.74 bits per heavy atom. The van der Waals surface area contributed by atoms with Crippen LogP contribution in [0.3, 0.4) is 0 Å². The summed E-state index contributed by atoms with van der Waals surface area (Å²) in [5, 5.41) is 3.22. The maximum absolute atomic E-state index is 5.89. The van der Waals surface area contributed by atoms with Gasteiger partial charge in [-0.15, -0.1) is 0 Å². The van der Waals surface area contributed by atoms with Crippen LogP contribution in [0, 0.1) is 0 Å². The van der Waals surface area contributed by atoms with Crippen LogP contribution in [0.4, 0.5) is 5.69 Å². The van der Waals surface area contributed by atoms with Gasteiger partial charge in [0.15, 0.2) is 0 Å². The summed E-state index contributed by atoms with van der Waals surface area (Å²) >= 11 is 0. The summed E-state index contributed by atoms with van der Waals surface area (Å²) in [6, 6.07) is 16.4. The van der Waals surface area contributed by atoms with E-state index < -0.39 is 0 Å². The quantitative estimate of drug-likeness (QED) is 0.906. The highest BCUT2D eigenvalue weighted by molar-refractivity contribution is 5.82. The second-order valence-corrected chi connectivity index (χ2v) is 4.51. The maximum atomic E-state index is 5.89. The van der Waals surface area contributed by atoms with Crippen molar-refractivity contribution < 1.29 is 4.74 Å². The van der Waals surface area contributed by atoms with Gasteiger partial charge in [0.2, 0.25) is 0 Å². The van der Waals surface area contributed by atoms with Gasteiger partial charge >= 0.3 is 0 Å². The summed E-state index contributed by atoms with van der Waals surface area (Å²) in [4.78, 5) is 4.45. The van der Waals surface area contributed by atoms with Crippen LogP contribution in [-0.4, -0.2) is 13.3 Å². The molecule has 0 bridgehead atoms. The predicted octanol–water partition coefficient (Wildman–Crippen LogP) is 3.24. The second kappa shape index (κ2) is 5.24. The Morgan fingerprint density at radius 1 is 1.11 bits per heavy atom. The lowest BCUT2D eigenvalue weighted by molar-refractivity contribution is 0.307. The molecular formula is C16H16N2O. The van der Waals surface area contributed by atoms with Crippen molar-refractivity contribution in [2.24, 2.45) is 4.99 Å². The molecule has 1 atom stereocenters. The standard InChI is InChI=1S/C16H16N2O/c1-17-14-10-18-16-13(14)8-5-9-15(16)19-11-12-6-3-2-4-7-12/h2-10,14,17H,11H2,1H3. The lowest BCUT2D eigenvalue weighted by atomic mass is 10.1. The van der Waals surface area contributed by atoms with Crippen LogP contribution in [0.15, 0.2) is 53.5 Å². The van der Waals surface area contributed by atoms with Gasteiger partial charge in [-0.3, -0.25) is 4.99 Å². The zero-order valence-corrected chi connectivity index (χ0v) is 10.8. The number of fused-ring (bicyclic) bond motifs is 1. The molecule has 0 radical (unpaired) electrons. The number of benzene rings is 2. The smallest absolute Gasteiger partial charge is 0.145 e. The van der Waals surface area contributed by atoms with Crippen LogP contribution in [0.1, 0.15) is 17.2 Å². The average Bonchev–Trinajstić information content (AvgIpc) is 2.90. The number of rotatable bonds is 4. The number of nitrogens with one attached hydrogen (secondary N) is 1. The van der Waals surface area contributed by atoms with Crippen LogP contribution in [0.25, 0.3) is 0 Å². The molecule has 3 nitrogen and oxygen atoms in total. The molecule has 1 aliphatic heterocycles.